The Morgan fingerprint density at radius 2 is 1.82 bits per heavy atom. The van der Waals surface area contributed by atoms with E-state index in [4.69, 9.17) is 5.11 Å². The average Bonchev–Trinajstić information content (AvgIpc) is 2.19. The fourth-order valence-electron chi connectivity index (χ4n) is 0.827. The molecule has 0 aliphatic carbocycles. The summed E-state index contributed by atoms with van der Waals surface area (Å²) in [4.78, 5) is 32.2. The van der Waals surface area contributed by atoms with Crippen LogP contribution in [0.5, 0.6) is 0 Å². The molecule has 1 amide bonds. The largest absolute Gasteiger partial charge is 0.481 e. The summed E-state index contributed by atoms with van der Waals surface area (Å²) in [6, 6.07) is 0. The van der Waals surface area contributed by atoms with Crippen LogP contribution >= 0.6 is 0 Å². The van der Waals surface area contributed by atoms with Crippen LogP contribution in [0, 0.1) is 0 Å². The van der Waals surface area contributed by atoms with Crippen molar-refractivity contribution in [3.63, 3.8) is 0 Å². The molecular formula is C10H17NO6. The van der Waals surface area contributed by atoms with Crippen LogP contribution in [-0.4, -0.2) is 46.8 Å². The van der Waals surface area contributed by atoms with E-state index in [2.05, 4.69) is 10.1 Å². The quantitative estimate of drug-likeness (QED) is 0.404. The Balaban J connectivity index is 3.62. The summed E-state index contributed by atoms with van der Waals surface area (Å²) in [7, 11) is 0. The molecule has 0 saturated carbocycles. The first kappa shape index (κ1) is 15.4. The maximum absolute atomic E-state index is 11.1. The molecule has 0 aliphatic heterocycles. The standard InChI is InChI=1S/C10H17NO6/c1-10(2,16)9(15)11-5-6-17-8(14)4-3-7(12)13/h16H,3-6H2,1-2H3,(H,11,15)(H,12,13). The lowest BCUT2D eigenvalue weighted by Gasteiger charge is -2.16. The topological polar surface area (TPSA) is 113 Å². The third-order valence-corrected chi connectivity index (χ3v) is 1.75. The molecule has 0 unspecified atom stereocenters. The van der Waals surface area contributed by atoms with Crippen molar-refractivity contribution in [3.05, 3.63) is 0 Å². The Morgan fingerprint density at radius 3 is 2.29 bits per heavy atom. The highest BCUT2D eigenvalue weighted by Gasteiger charge is 2.22. The van der Waals surface area contributed by atoms with Crippen molar-refractivity contribution in [2.45, 2.75) is 32.3 Å². The molecule has 0 saturated heterocycles. The minimum atomic E-state index is -1.48. The van der Waals surface area contributed by atoms with Gasteiger partial charge in [0.2, 0.25) is 0 Å². The second-order valence-electron chi connectivity index (χ2n) is 3.93. The zero-order chi connectivity index (χ0) is 13.5. The van der Waals surface area contributed by atoms with Crippen LogP contribution in [0.15, 0.2) is 0 Å². The van der Waals surface area contributed by atoms with Gasteiger partial charge in [0.1, 0.15) is 12.2 Å². The van der Waals surface area contributed by atoms with Gasteiger partial charge in [0.15, 0.2) is 0 Å². The summed E-state index contributed by atoms with van der Waals surface area (Å²) in [5.41, 5.74) is -1.48. The van der Waals surface area contributed by atoms with E-state index in [1.165, 1.54) is 13.8 Å². The molecule has 0 atom stereocenters. The van der Waals surface area contributed by atoms with Crippen LogP contribution in [0.2, 0.25) is 0 Å². The van der Waals surface area contributed by atoms with Gasteiger partial charge in [-0.25, -0.2) is 0 Å². The minimum absolute atomic E-state index is 0.0553. The van der Waals surface area contributed by atoms with Crippen LogP contribution in [0.4, 0.5) is 0 Å². The fraction of sp³-hybridized carbons (Fsp3) is 0.700. The Labute approximate surface area is 98.8 Å². The molecule has 98 valence electrons. The number of ether oxygens (including phenoxy) is 1. The molecule has 7 nitrogen and oxygen atoms in total. The molecule has 0 bridgehead atoms. The van der Waals surface area contributed by atoms with Gasteiger partial charge in [0.25, 0.3) is 5.91 Å². The maximum atomic E-state index is 11.1. The van der Waals surface area contributed by atoms with Gasteiger partial charge in [0, 0.05) is 0 Å². The van der Waals surface area contributed by atoms with Crippen molar-refractivity contribution in [2.75, 3.05) is 13.2 Å². The van der Waals surface area contributed by atoms with Crippen molar-refractivity contribution in [3.8, 4) is 0 Å². The van der Waals surface area contributed by atoms with Crippen molar-refractivity contribution < 1.29 is 29.3 Å². The number of hydrogen-bond acceptors (Lipinski definition) is 5. The summed E-state index contributed by atoms with van der Waals surface area (Å²) >= 11 is 0. The Hall–Kier alpha value is -1.63. The van der Waals surface area contributed by atoms with E-state index in [0.29, 0.717) is 0 Å². The number of carbonyl (C=O) groups is 3. The SMILES string of the molecule is CC(C)(O)C(=O)NCCOC(=O)CCC(=O)O. The highest BCUT2D eigenvalue weighted by atomic mass is 16.5. The molecular weight excluding hydrogens is 230 g/mol. The zero-order valence-corrected chi connectivity index (χ0v) is 9.86. The maximum Gasteiger partial charge on any atom is 0.306 e. The molecule has 0 fully saturated rings. The molecule has 3 N–H and O–H groups in total. The number of amides is 1. The number of carboxylic acid groups (broad SMARTS) is 1. The third-order valence-electron chi connectivity index (χ3n) is 1.75. The number of nitrogens with one attached hydrogen (secondary N) is 1. The molecule has 0 rings (SSSR count). The Kier molecular flexibility index (Phi) is 6.19. The highest BCUT2D eigenvalue weighted by molar-refractivity contribution is 5.83. The van der Waals surface area contributed by atoms with Crippen LogP contribution < -0.4 is 5.32 Å². The van der Waals surface area contributed by atoms with Gasteiger partial charge in [0.05, 0.1) is 19.4 Å². The van der Waals surface area contributed by atoms with E-state index >= 15 is 0 Å². The summed E-state index contributed by atoms with van der Waals surface area (Å²) in [5.74, 6) is -2.28. The van der Waals surface area contributed by atoms with E-state index < -0.39 is 23.4 Å². The monoisotopic (exact) mass is 247 g/mol. The first-order chi connectivity index (χ1) is 7.73. The van der Waals surface area contributed by atoms with Crippen molar-refractivity contribution >= 4 is 17.8 Å². The van der Waals surface area contributed by atoms with Gasteiger partial charge in [-0.1, -0.05) is 0 Å². The van der Waals surface area contributed by atoms with Gasteiger partial charge >= 0.3 is 11.9 Å². The summed E-state index contributed by atoms with van der Waals surface area (Å²) < 4.78 is 4.66. The van der Waals surface area contributed by atoms with E-state index in [9.17, 15) is 19.5 Å². The second kappa shape index (κ2) is 6.85. The van der Waals surface area contributed by atoms with Gasteiger partial charge in [-0.15, -0.1) is 0 Å². The second-order valence-corrected chi connectivity index (χ2v) is 3.93. The Morgan fingerprint density at radius 1 is 1.24 bits per heavy atom. The number of carboxylic acids is 1. The first-order valence-corrected chi connectivity index (χ1v) is 5.11. The van der Waals surface area contributed by atoms with E-state index in [1.807, 2.05) is 0 Å². The number of rotatable bonds is 7. The van der Waals surface area contributed by atoms with Crippen LogP contribution in [-0.2, 0) is 19.1 Å². The van der Waals surface area contributed by atoms with Crippen molar-refractivity contribution in [1.82, 2.24) is 5.32 Å². The number of aliphatic hydroxyl groups is 1. The van der Waals surface area contributed by atoms with E-state index in [0.717, 1.165) is 0 Å². The lowest BCUT2D eigenvalue weighted by molar-refractivity contribution is -0.148. The number of aliphatic carboxylic acids is 1. The minimum Gasteiger partial charge on any atom is -0.481 e. The predicted octanol–water partition coefficient (Wildman–Crippen LogP) is -0.718. The highest BCUT2D eigenvalue weighted by Crippen LogP contribution is 1.99. The first-order valence-electron chi connectivity index (χ1n) is 5.11. The number of esters is 1. The van der Waals surface area contributed by atoms with E-state index in [-0.39, 0.29) is 26.0 Å². The summed E-state index contributed by atoms with van der Waals surface area (Å²) in [6.07, 6.45) is -0.483. The van der Waals surface area contributed by atoms with Crippen LogP contribution in [0.1, 0.15) is 26.7 Å². The van der Waals surface area contributed by atoms with Crippen molar-refractivity contribution in [1.29, 1.82) is 0 Å². The molecule has 0 radical (unpaired) electrons. The summed E-state index contributed by atoms with van der Waals surface area (Å²) in [5, 5.41) is 19.9. The molecule has 0 aromatic heterocycles. The molecule has 0 aromatic carbocycles. The van der Waals surface area contributed by atoms with Gasteiger partial charge < -0.3 is 20.3 Å². The fourth-order valence-corrected chi connectivity index (χ4v) is 0.827. The van der Waals surface area contributed by atoms with E-state index in [1.54, 1.807) is 0 Å². The average molecular weight is 247 g/mol. The number of carbonyl (C=O) groups excluding carboxylic acids is 2. The summed E-state index contributed by atoms with van der Waals surface area (Å²) in [6.45, 7) is 2.68. The van der Waals surface area contributed by atoms with Gasteiger partial charge in [-0.05, 0) is 13.8 Å². The lowest BCUT2D eigenvalue weighted by atomic mass is 10.1. The van der Waals surface area contributed by atoms with Crippen molar-refractivity contribution in [2.24, 2.45) is 0 Å². The zero-order valence-electron chi connectivity index (χ0n) is 9.86. The molecule has 7 heteroatoms. The third kappa shape index (κ3) is 8.21. The number of hydrogen-bond donors (Lipinski definition) is 3. The molecule has 0 aromatic rings. The molecule has 0 spiro atoms. The van der Waals surface area contributed by atoms with Gasteiger partial charge in [-0.3, -0.25) is 14.4 Å². The smallest absolute Gasteiger partial charge is 0.306 e. The normalized spacial score (nSPS) is 10.8. The Bertz CT molecular complexity index is 294. The van der Waals surface area contributed by atoms with Crippen LogP contribution in [0.3, 0.4) is 0 Å². The van der Waals surface area contributed by atoms with Crippen LogP contribution in [0.25, 0.3) is 0 Å². The molecule has 17 heavy (non-hydrogen) atoms. The molecule has 0 heterocycles. The lowest BCUT2D eigenvalue weighted by Crippen LogP contribution is -2.43. The van der Waals surface area contributed by atoms with Gasteiger partial charge in [-0.2, -0.15) is 0 Å². The molecule has 0 aliphatic rings. The predicted molar refractivity (Wildman–Crippen MR) is 57.1 cm³/mol.